The van der Waals surface area contributed by atoms with Gasteiger partial charge < -0.3 is 5.32 Å². The van der Waals surface area contributed by atoms with E-state index in [1.165, 1.54) is 11.1 Å². The molecule has 0 aliphatic carbocycles. The molecule has 2 aromatic heterocycles. The SMILES string of the molecule is c1ccc(Cn2cc(CNCCn3cccn3)cn2)cc1. The normalized spacial score (nSPS) is 10.9. The molecule has 21 heavy (non-hydrogen) atoms. The van der Waals surface area contributed by atoms with Crippen LogP contribution in [0.25, 0.3) is 0 Å². The van der Waals surface area contributed by atoms with Crippen LogP contribution < -0.4 is 5.32 Å². The smallest absolute Gasteiger partial charge is 0.0659 e. The first kappa shape index (κ1) is 13.6. The molecule has 0 amide bonds. The van der Waals surface area contributed by atoms with Crippen LogP contribution in [0.5, 0.6) is 0 Å². The molecule has 3 rings (SSSR count). The summed E-state index contributed by atoms with van der Waals surface area (Å²) >= 11 is 0. The molecule has 0 radical (unpaired) electrons. The summed E-state index contributed by atoms with van der Waals surface area (Å²) in [6.45, 7) is 3.42. The van der Waals surface area contributed by atoms with E-state index in [0.29, 0.717) is 0 Å². The summed E-state index contributed by atoms with van der Waals surface area (Å²) < 4.78 is 3.89. The summed E-state index contributed by atoms with van der Waals surface area (Å²) in [5.41, 5.74) is 2.46. The predicted molar refractivity (Wildman–Crippen MR) is 81.7 cm³/mol. The summed E-state index contributed by atoms with van der Waals surface area (Å²) in [5, 5.41) is 12.0. The molecule has 0 atom stereocenters. The van der Waals surface area contributed by atoms with E-state index < -0.39 is 0 Å². The molecule has 0 aliphatic rings. The fourth-order valence-electron chi connectivity index (χ4n) is 2.21. The molecule has 1 aromatic carbocycles. The van der Waals surface area contributed by atoms with Gasteiger partial charge in [0.25, 0.3) is 0 Å². The van der Waals surface area contributed by atoms with E-state index in [0.717, 1.165) is 26.2 Å². The van der Waals surface area contributed by atoms with Crippen molar-refractivity contribution in [2.24, 2.45) is 0 Å². The van der Waals surface area contributed by atoms with E-state index in [-0.39, 0.29) is 0 Å². The lowest BCUT2D eigenvalue weighted by molar-refractivity contribution is 0.554. The van der Waals surface area contributed by atoms with Crippen LogP contribution in [0.3, 0.4) is 0 Å². The van der Waals surface area contributed by atoms with E-state index in [9.17, 15) is 0 Å². The van der Waals surface area contributed by atoms with E-state index in [4.69, 9.17) is 0 Å². The molecule has 108 valence electrons. The van der Waals surface area contributed by atoms with Gasteiger partial charge in [0.05, 0.1) is 19.3 Å². The molecule has 0 fully saturated rings. The number of rotatable bonds is 7. The minimum Gasteiger partial charge on any atom is -0.311 e. The topological polar surface area (TPSA) is 47.7 Å². The van der Waals surface area contributed by atoms with E-state index in [1.54, 1.807) is 6.20 Å². The van der Waals surface area contributed by atoms with Crippen LogP contribution in [-0.4, -0.2) is 26.1 Å². The molecule has 0 spiro atoms. The Morgan fingerprint density at radius 3 is 2.67 bits per heavy atom. The highest BCUT2D eigenvalue weighted by Gasteiger charge is 1.99. The van der Waals surface area contributed by atoms with Gasteiger partial charge in [0.15, 0.2) is 0 Å². The lowest BCUT2D eigenvalue weighted by atomic mass is 10.2. The van der Waals surface area contributed by atoms with Crippen molar-refractivity contribution in [2.75, 3.05) is 6.54 Å². The third-order valence-corrected chi connectivity index (χ3v) is 3.28. The van der Waals surface area contributed by atoms with Gasteiger partial charge in [-0.1, -0.05) is 30.3 Å². The van der Waals surface area contributed by atoms with Crippen molar-refractivity contribution in [2.45, 2.75) is 19.6 Å². The Morgan fingerprint density at radius 2 is 1.86 bits per heavy atom. The maximum absolute atomic E-state index is 4.40. The van der Waals surface area contributed by atoms with Crippen molar-refractivity contribution in [1.82, 2.24) is 24.9 Å². The summed E-state index contributed by atoms with van der Waals surface area (Å²) in [7, 11) is 0. The number of nitrogens with zero attached hydrogens (tertiary/aromatic N) is 4. The first-order chi connectivity index (χ1) is 10.4. The first-order valence-corrected chi connectivity index (χ1v) is 7.13. The Bertz CT molecular complexity index is 642. The van der Waals surface area contributed by atoms with E-state index >= 15 is 0 Å². The lowest BCUT2D eigenvalue weighted by Crippen LogP contribution is -2.19. The minimum atomic E-state index is 0.814. The summed E-state index contributed by atoms with van der Waals surface area (Å²) in [4.78, 5) is 0. The second kappa shape index (κ2) is 6.85. The minimum absolute atomic E-state index is 0.814. The van der Waals surface area contributed by atoms with Crippen LogP contribution >= 0.6 is 0 Å². The van der Waals surface area contributed by atoms with Gasteiger partial charge in [0, 0.05) is 37.2 Å². The van der Waals surface area contributed by atoms with Gasteiger partial charge >= 0.3 is 0 Å². The van der Waals surface area contributed by atoms with Gasteiger partial charge in [-0.05, 0) is 11.6 Å². The molecular weight excluding hydrogens is 262 g/mol. The highest BCUT2D eigenvalue weighted by Crippen LogP contribution is 2.03. The second-order valence-corrected chi connectivity index (χ2v) is 4.98. The molecule has 0 saturated carbocycles. The highest BCUT2D eigenvalue weighted by molar-refractivity contribution is 5.15. The van der Waals surface area contributed by atoms with Crippen molar-refractivity contribution in [3.05, 3.63) is 72.3 Å². The Morgan fingerprint density at radius 1 is 0.952 bits per heavy atom. The van der Waals surface area contributed by atoms with E-state index in [1.807, 2.05) is 33.9 Å². The Hall–Kier alpha value is -2.40. The Labute approximate surface area is 124 Å². The van der Waals surface area contributed by atoms with Crippen molar-refractivity contribution in [3.63, 3.8) is 0 Å². The van der Waals surface area contributed by atoms with Crippen molar-refractivity contribution < 1.29 is 0 Å². The fraction of sp³-hybridized carbons (Fsp3) is 0.250. The molecule has 0 saturated heterocycles. The monoisotopic (exact) mass is 281 g/mol. The standard InChI is InChI=1S/C16H19N5/c1-2-5-15(6-3-1)13-21-14-16(12-19-21)11-17-8-10-20-9-4-7-18-20/h1-7,9,12,14,17H,8,10-11,13H2. The summed E-state index contributed by atoms with van der Waals surface area (Å²) in [6.07, 6.45) is 7.78. The first-order valence-electron chi connectivity index (χ1n) is 7.13. The Balaban J connectivity index is 1.44. The molecule has 5 nitrogen and oxygen atoms in total. The molecule has 1 N–H and O–H groups in total. The van der Waals surface area contributed by atoms with Gasteiger partial charge in [0.1, 0.15) is 0 Å². The van der Waals surface area contributed by atoms with Crippen LogP contribution in [-0.2, 0) is 19.6 Å². The highest BCUT2D eigenvalue weighted by atomic mass is 15.3. The fourth-order valence-corrected chi connectivity index (χ4v) is 2.21. The van der Waals surface area contributed by atoms with Crippen LogP contribution in [0.1, 0.15) is 11.1 Å². The van der Waals surface area contributed by atoms with Crippen molar-refractivity contribution >= 4 is 0 Å². The molecule has 2 heterocycles. The lowest BCUT2D eigenvalue weighted by Gasteiger charge is -2.03. The number of hydrogen-bond acceptors (Lipinski definition) is 3. The molecule has 0 aliphatic heterocycles. The van der Waals surface area contributed by atoms with E-state index in [2.05, 4.69) is 46.0 Å². The number of nitrogens with one attached hydrogen (secondary N) is 1. The third kappa shape index (κ3) is 4.03. The largest absolute Gasteiger partial charge is 0.311 e. The van der Waals surface area contributed by atoms with Crippen molar-refractivity contribution in [1.29, 1.82) is 0 Å². The summed E-state index contributed by atoms with van der Waals surface area (Å²) in [6, 6.07) is 12.3. The van der Waals surface area contributed by atoms with Crippen molar-refractivity contribution in [3.8, 4) is 0 Å². The van der Waals surface area contributed by atoms with Gasteiger partial charge in [-0.25, -0.2) is 0 Å². The van der Waals surface area contributed by atoms with Crippen LogP contribution in [0.4, 0.5) is 0 Å². The van der Waals surface area contributed by atoms with Gasteiger partial charge in [-0.15, -0.1) is 0 Å². The van der Waals surface area contributed by atoms with Gasteiger partial charge in [-0.2, -0.15) is 10.2 Å². The quantitative estimate of drug-likeness (QED) is 0.673. The van der Waals surface area contributed by atoms with Crippen LogP contribution in [0.2, 0.25) is 0 Å². The number of hydrogen-bond donors (Lipinski definition) is 1. The second-order valence-electron chi connectivity index (χ2n) is 4.98. The summed E-state index contributed by atoms with van der Waals surface area (Å²) in [5.74, 6) is 0. The molecule has 5 heteroatoms. The third-order valence-electron chi connectivity index (χ3n) is 3.28. The average molecular weight is 281 g/mol. The number of benzene rings is 1. The predicted octanol–water partition coefficient (Wildman–Crippen LogP) is 1.92. The Kier molecular flexibility index (Phi) is 4.43. The zero-order chi connectivity index (χ0) is 14.3. The average Bonchev–Trinajstić information content (AvgIpc) is 3.17. The zero-order valence-corrected chi connectivity index (χ0v) is 11.9. The maximum Gasteiger partial charge on any atom is 0.0659 e. The molecule has 0 unspecified atom stereocenters. The zero-order valence-electron chi connectivity index (χ0n) is 11.9. The number of aromatic nitrogens is 4. The van der Waals surface area contributed by atoms with Crippen LogP contribution in [0.15, 0.2) is 61.2 Å². The molecule has 0 bridgehead atoms. The molecular formula is C16H19N5. The van der Waals surface area contributed by atoms with Gasteiger partial charge in [-0.3, -0.25) is 9.36 Å². The van der Waals surface area contributed by atoms with Gasteiger partial charge in [0.2, 0.25) is 0 Å². The maximum atomic E-state index is 4.40. The van der Waals surface area contributed by atoms with Crippen LogP contribution in [0, 0.1) is 0 Å². The molecule has 3 aromatic rings.